The van der Waals surface area contributed by atoms with E-state index in [1.165, 1.54) is 15.6 Å². The van der Waals surface area contributed by atoms with E-state index >= 15 is 0 Å². The maximum absolute atomic E-state index is 12.2. The summed E-state index contributed by atoms with van der Waals surface area (Å²) in [6.45, 7) is 4.34. The molecule has 0 aromatic carbocycles. The molecule has 2 rings (SSSR count). The molecule has 2 heterocycles. The number of aromatic nitrogens is 2. The van der Waals surface area contributed by atoms with E-state index in [-0.39, 0.29) is 24.1 Å². The summed E-state index contributed by atoms with van der Waals surface area (Å²) in [5, 5.41) is 11.9. The standard InChI is InChI=1S/C12H20N4O3S2/c1-3-10-14-15-12(20-10)13-11(17)9-6-5-7-16(8-9)21(18,19)4-2/h9H,3-8H2,1-2H3,(H,13,15,17)/t9-/m0/s1. The van der Waals surface area contributed by atoms with Gasteiger partial charge in [0.25, 0.3) is 0 Å². The second kappa shape index (κ2) is 6.80. The van der Waals surface area contributed by atoms with E-state index in [9.17, 15) is 13.2 Å². The Morgan fingerprint density at radius 1 is 1.43 bits per heavy atom. The molecule has 1 aromatic rings. The summed E-state index contributed by atoms with van der Waals surface area (Å²) in [6.07, 6.45) is 2.17. The van der Waals surface area contributed by atoms with Gasteiger partial charge in [0.05, 0.1) is 11.7 Å². The van der Waals surface area contributed by atoms with Gasteiger partial charge in [-0.1, -0.05) is 18.3 Å². The molecule has 118 valence electrons. The summed E-state index contributed by atoms with van der Waals surface area (Å²) >= 11 is 1.35. The van der Waals surface area contributed by atoms with Crippen molar-refractivity contribution in [2.45, 2.75) is 33.1 Å². The van der Waals surface area contributed by atoms with E-state index in [0.29, 0.717) is 24.5 Å². The molecule has 21 heavy (non-hydrogen) atoms. The number of carbonyl (C=O) groups excluding carboxylic acids is 1. The molecule has 1 aromatic heterocycles. The smallest absolute Gasteiger partial charge is 0.230 e. The van der Waals surface area contributed by atoms with Gasteiger partial charge in [0, 0.05) is 13.1 Å². The Kier molecular flexibility index (Phi) is 5.28. The fourth-order valence-corrected chi connectivity index (χ4v) is 4.11. The van der Waals surface area contributed by atoms with Crippen molar-refractivity contribution in [1.29, 1.82) is 0 Å². The van der Waals surface area contributed by atoms with Crippen molar-refractivity contribution in [3.63, 3.8) is 0 Å². The summed E-state index contributed by atoms with van der Waals surface area (Å²) in [5.41, 5.74) is 0. The van der Waals surface area contributed by atoms with Gasteiger partial charge in [0.15, 0.2) is 0 Å². The van der Waals surface area contributed by atoms with Gasteiger partial charge in [-0.3, -0.25) is 4.79 Å². The second-order valence-electron chi connectivity index (χ2n) is 4.94. The molecule has 1 fully saturated rings. The highest BCUT2D eigenvalue weighted by molar-refractivity contribution is 7.89. The maximum Gasteiger partial charge on any atom is 0.230 e. The van der Waals surface area contributed by atoms with Crippen LogP contribution in [0.5, 0.6) is 0 Å². The quantitative estimate of drug-likeness (QED) is 0.871. The number of hydrogen-bond acceptors (Lipinski definition) is 6. The van der Waals surface area contributed by atoms with Crippen LogP contribution in [0.15, 0.2) is 0 Å². The first-order valence-electron chi connectivity index (χ1n) is 7.07. The fraction of sp³-hybridized carbons (Fsp3) is 0.750. The molecular formula is C12H20N4O3S2. The van der Waals surface area contributed by atoms with Crippen LogP contribution in [0.25, 0.3) is 0 Å². The zero-order valence-corrected chi connectivity index (χ0v) is 13.8. The van der Waals surface area contributed by atoms with Crippen molar-refractivity contribution < 1.29 is 13.2 Å². The zero-order chi connectivity index (χ0) is 15.5. The number of piperidine rings is 1. The lowest BCUT2D eigenvalue weighted by Crippen LogP contribution is -2.44. The minimum atomic E-state index is -3.23. The lowest BCUT2D eigenvalue weighted by Gasteiger charge is -2.30. The molecule has 1 N–H and O–H groups in total. The van der Waals surface area contributed by atoms with E-state index in [2.05, 4.69) is 15.5 Å². The largest absolute Gasteiger partial charge is 0.300 e. The molecule has 1 aliphatic heterocycles. The number of hydrogen-bond donors (Lipinski definition) is 1. The first kappa shape index (κ1) is 16.3. The molecule has 0 spiro atoms. The molecule has 0 radical (unpaired) electrons. The van der Waals surface area contributed by atoms with Crippen LogP contribution in [0, 0.1) is 5.92 Å². The van der Waals surface area contributed by atoms with Crippen LogP contribution in [-0.2, 0) is 21.2 Å². The molecule has 0 bridgehead atoms. The van der Waals surface area contributed by atoms with Crippen LogP contribution >= 0.6 is 11.3 Å². The van der Waals surface area contributed by atoms with Crippen molar-refractivity contribution in [3.05, 3.63) is 5.01 Å². The Labute approximate surface area is 128 Å². The van der Waals surface area contributed by atoms with Crippen LogP contribution in [-0.4, -0.2) is 47.7 Å². The highest BCUT2D eigenvalue weighted by Gasteiger charge is 2.31. The molecule has 1 amide bonds. The van der Waals surface area contributed by atoms with Gasteiger partial charge in [0.2, 0.25) is 21.1 Å². The summed E-state index contributed by atoms with van der Waals surface area (Å²) in [4.78, 5) is 12.2. The number of carbonyl (C=O) groups is 1. The Bertz CT molecular complexity index is 599. The van der Waals surface area contributed by atoms with E-state index < -0.39 is 10.0 Å². The van der Waals surface area contributed by atoms with Gasteiger partial charge in [-0.05, 0) is 26.2 Å². The zero-order valence-electron chi connectivity index (χ0n) is 12.2. The van der Waals surface area contributed by atoms with Gasteiger partial charge in [-0.25, -0.2) is 12.7 Å². The molecular weight excluding hydrogens is 312 g/mol. The van der Waals surface area contributed by atoms with E-state index in [4.69, 9.17) is 0 Å². The summed E-state index contributed by atoms with van der Waals surface area (Å²) in [6, 6.07) is 0. The molecule has 0 saturated carbocycles. The molecule has 0 aliphatic carbocycles. The Morgan fingerprint density at radius 2 is 2.19 bits per heavy atom. The van der Waals surface area contributed by atoms with Crippen molar-refractivity contribution in [3.8, 4) is 0 Å². The third-order valence-electron chi connectivity index (χ3n) is 3.51. The van der Waals surface area contributed by atoms with E-state index in [1.54, 1.807) is 6.92 Å². The number of aryl methyl sites for hydroxylation is 1. The average Bonchev–Trinajstić information content (AvgIpc) is 2.95. The molecule has 1 aliphatic rings. The number of nitrogens with one attached hydrogen (secondary N) is 1. The molecule has 1 saturated heterocycles. The number of nitrogens with zero attached hydrogens (tertiary/aromatic N) is 3. The first-order valence-corrected chi connectivity index (χ1v) is 9.50. The van der Waals surface area contributed by atoms with Crippen LogP contribution in [0.4, 0.5) is 5.13 Å². The lowest BCUT2D eigenvalue weighted by atomic mass is 9.99. The average molecular weight is 332 g/mol. The minimum absolute atomic E-state index is 0.0671. The topological polar surface area (TPSA) is 92.3 Å². The first-order chi connectivity index (χ1) is 9.96. The minimum Gasteiger partial charge on any atom is -0.300 e. The highest BCUT2D eigenvalue weighted by Crippen LogP contribution is 2.22. The van der Waals surface area contributed by atoms with Crippen LogP contribution in [0.2, 0.25) is 0 Å². The molecule has 1 atom stereocenters. The Hall–Kier alpha value is -1.06. The van der Waals surface area contributed by atoms with Gasteiger partial charge >= 0.3 is 0 Å². The predicted octanol–water partition coefficient (Wildman–Crippen LogP) is 1.10. The number of anilines is 1. The SMILES string of the molecule is CCc1nnc(NC(=O)[C@H]2CCCN(S(=O)(=O)CC)C2)s1. The van der Waals surface area contributed by atoms with Gasteiger partial charge < -0.3 is 5.32 Å². The summed E-state index contributed by atoms with van der Waals surface area (Å²) < 4.78 is 25.2. The fourth-order valence-electron chi connectivity index (χ4n) is 2.25. The van der Waals surface area contributed by atoms with E-state index in [1.807, 2.05) is 6.92 Å². The Morgan fingerprint density at radius 3 is 2.81 bits per heavy atom. The summed E-state index contributed by atoms with van der Waals surface area (Å²) in [7, 11) is -3.23. The molecule has 0 unspecified atom stereocenters. The predicted molar refractivity (Wildman–Crippen MR) is 81.7 cm³/mol. The lowest BCUT2D eigenvalue weighted by molar-refractivity contribution is -0.120. The van der Waals surface area contributed by atoms with Crippen molar-refractivity contribution in [2.75, 3.05) is 24.2 Å². The number of amides is 1. The molecule has 9 heteroatoms. The van der Waals surface area contributed by atoms with Crippen LogP contribution in [0.3, 0.4) is 0 Å². The highest BCUT2D eigenvalue weighted by atomic mass is 32.2. The third-order valence-corrected chi connectivity index (χ3v) is 6.34. The van der Waals surface area contributed by atoms with Crippen molar-refractivity contribution in [1.82, 2.24) is 14.5 Å². The summed E-state index contributed by atoms with van der Waals surface area (Å²) in [5.74, 6) is -0.434. The van der Waals surface area contributed by atoms with E-state index in [0.717, 1.165) is 11.4 Å². The van der Waals surface area contributed by atoms with Crippen LogP contribution < -0.4 is 5.32 Å². The van der Waals surface area contributed by atoms with Crippen molar-refractivity contribution in [2.24, 2.45) is 5.92 Å². The van der Waals surface area contributed by atoms with Gasteiger partial charge in [-0.15, -0.1) is 10.2 Å². The molecule has 7 nitrogen and oxygen atoms in total. The van der Waals surface area contributed by atoms with Gasteiger partial charge in [0.1, 0.15) is 5.01 Å². The number of sulfonamides is 1. The monoisotopic (exact) mass is 332 g/mol. The second-order valence-corrected chi connectivity index (χ2v) is 8.26. The normalized spacial score (nSPS) is 20.4. The van der Waals surface area contributed by atoms with Crippen LogP contribution in [0.1, 0.15) is 31.7 Å². The maximum atomic E-state index is 12.2. The third kappa shape index (κ3) is 3.98. The van der Waals surface area contributed by atoms with Crippen molar-refractivity contribution >= 4 is 32.4 Å². The van der Waals surface area contributed by atoms with Gasteiger partial charge in [-0.2, -0.15) is 0 Å². The number of rotatable bonds is 5. The Balaban J connectivity index is 1.99.